The fourth-order valence-corrected chi connectivity index (χ4v) is 9.71. The number of esters is 3. The molecule has 10 atom stereocenters. The van der Waals surface area contributed by atoms with Gasteiger partial charge in [0.2, 0.25) is 0 Å². The van der Waals surface area contributed by atoms with Gasteiger partial charge in [0.25, 0.3) is 0 Å². The number of hydrogen-bond donors (Lipinski definition) is 1. The molecule has 4 fully saturated rings. The number of rotatable bonds is 3. The average molecular weight is 585 g/mol. The third-order valence-corrected chi connectivity index (χ3v) is 11.8. The van der Waals surface area contributed by atoms with Crippen LogP contribution in [0.4, 0.5) is 0 Å². The van der Waals surface area contributed by atoms with Gasteiger partial charge >= 0.3 is 17.9 Å². The van der Waals surface area contributed by atoms with Crippen LogP contribution in [0.1, 0.15) is 87.5 Å². The molecule has 4 aliphatic carbocycles. The summed E-state index contributed by atoms with van der Waals surface area (Å²) in [5, 5.41) is 10.5. The van der Waals surface area contributed by atoms with Crippen LogP contribution in [-0.2, 0) is 38.2 Å². The molecule has 1 heterocycles. The van der Waals surface area contributed by atoms with E-state index in [1.165, 1.54) is 13.8 Å². The molecule has 1 aliphatic heterocycles. The Bertz CT molecular complexity index is 1300. The number of ketones is 2. The van der Waals surface area contributed by atoms with Crippen LogP contribution in [0.25, 0.3) is 0 Å². The second-order valence-corrected chi connectivity index (χ2v) is 14.4. The Labute approximate surface area is 247 Å². The number of ether oxygens (including phenoxy) is 3. The summed E-state index contributed by atoms with van der Waals surface area (Å²) in [6.45, 7) is 13.7. The largest absolute Gasteiger partial charge is 0.458 e. The predicted octanol–water partition coefficient (Wildman–Crippen LogP) is 4.05. The van der Waals surface area contributed by atoms with Gasteiger partial charge in [-0.25, -0.2) is 4.79 Å². The van der Waals surface area contributed by atoms with E-state index in [1.54, 1.807) is 26.8 Å². The van der Waals surface area contributed by atoms with Crippen molar-refractivity contribution in [1.29, 1.82) is 0 Å². The van der Waals surface area contributed by atoms with Crippen molar-refractivity contribution in [2.45, 2.75) is 111 Å². The van der Waals surface area contributed by atoms with Crippen LogP contribution < -0.4 is 0 Å². The number of cyclic esters (lactones) is 1. The van der Waals surface area contributed by atoms with Crippen molar-refractivity contribution >= 4 is 29.5 Å². The van der Waals surface area contributed by atoms with Gasteiger partial charge in [0.1, 0.15) is 12.2 Å². The summed E-state index contributed by atoms with van der Waals surface area (Å²) >= 11 is 0. The summed E-state index contributed by atoms with van der Waals surface area (Å²) < 4.78 is 17.4. The van der Waals surface area contributed by atoms with E-state index >= 15 is 0 Å². The van der Waals surface area contributed by atoms with E-state index in [0.717, 1.165) is 0 Å². The molecule has 42 heavy (non-hydrogen) atoms. The van der Waals surface area contributed by atoms with Crippen LogP contribution in [-0.4, -0.2) is 58.5 Å². The number of allylic oxidation sites excluding steroid dienone is 2. The van der Waals surface area contributed by atoms with E-state index in [0.29, 0.717) is 43.3 Å². The first-order valence-corrected chi connectivity index (χ1v) is 15.2. The monoisotopic (exact) mass is 584 g/mol. The number of carbonyl (C=O) groups excluding carboxylic acids is 5. The lowest BCUT2D eigenvalue weighted by atomic mass is 9.37. The third-order valence-electron chi connectivity index (χ3n) is 11.8. The Morgan fingerprint density at radius 2 is 1.67 bits per heavy atom. The van der Waals surface area contributed by atoms with Gasteiger partial charge in [0.15, 0.2) is 17.7 Å². The van der Waals surface area contributed by atoms with Crippen molar-refractivity contribution in [1.82, 2.24) is 0 Å². The molecule has 0 aromatic heterocycles. The van der Waals surface area contributed by atoms with Crippen LogP contribution in [0.15, 0.2) is 23.3 Å². The van der Waals surface area contributed by atoms with Crippen molar-refractivity contribution < 1.29 is 43.3 Å². The first-order chi connectivity index (χ1) is 19.4. The molecule has 0 aromatic carbocycles. The smallest absolute Gasteiger partial charge is 0.334 e. The lowest BCUT2D eigenvalue weighted by molar-refractivity contribution is -0.207. The standard InChI is InChI=1S/C33H44O9/c1-16-21(36)13-14-31(6)23-11-10-20-25(19-9-12-24(30(4,5)39)42-29(19)38)22(40-17(2)34)15-32(20,7)33(23,8)28(37)27(26(16)31)41-18(3)35/h13-14,16,20,22-24,26-27,39H,9-12,15H2,1-8H3/b25-19-/t16-,20+,22+,23+,24-,26-,27+,31-,32+,33-/m1/s1. The van der Waals surface area contributed by atoms with Crippen LogP contribution in [0.2, 0.25) is 0 Å². The SMILES string of the molecule is CC(=O)O[C@H]1C[C@@]2(C)[C@@H](CC[C@H]3[C@@]4(C)C=CC(=O)[C@@H](C)[C@@H]4[C@H](OC(C)=O)C(=O)[C@@]32C)/C1=C1\CC[C@H](C(C)(C)O)OC1=O. The highest BCUT2D eigenvalue weighted by Crippen LogP contribution is 2.73. The summed E-state index contributed by atoms with van der Waals surface area (Å²) in [4.78, 5) is 65.8. The van der Waals surface area contributed by atoms with Gasteiger partial charge in [-0.15, -0.1) is 0 Å². The Kier molecular flexibility index (Phi) is 7.19. The molecule has 0 spiro atoms. The van der Waals surface area contributed by atoms with Crippen molar-refractivity contribution in [2.75, 3.05) is 0 Å². The molecule has 3 saturated carbocycles. The number of carbonyl (C=O) groups is 5. The van der Waals surface area contributed by atoms with Gasteiger partial charge in [-0.1, -0.05) is 33.8 Å². The Hall–Kier alpha value is -2.81. The zero-order valence-electron chi connectivity index (χ0n) is 25.9. The quantitative estimate of drug-likeness (QED) is 0.296. The Morgan fingerprint density at radius 1 is 1.02 bits per heavy atom. The lowest BCUT2D eigenvalue weighted by Gasteiger charge is -2.66. The molecular formula is C33H44O9. The van der Waals surface area contributed by atoms with Gasteiger partial charge in [-0.3, -0.25) is 19.2 Å². The first-order valence-electron chi connectivity index (χ1n) is 15.2. The maximum Gasteiger partial charge on any atom is 0.334 e. The van der Waals surface area contributed by atoms with Gasteiger partial charge in [0, 0.05) is 36.7 Å². The minimum atomic E-state index is -1.20. The van der Waals surface area contributed by atoms with E-state index in [4.69, 9.17) is 14.2 Å². The summed E-state index contributed by atoms with van der Waals surface area (Å²) in [5.74, 6) is -3.34. The molecule has 230 valence electrons. The highest BCUT2D eigenvalue weighted by molar-refractivity contribution is 5.98. The summed E-state index contributed by atoms with van der Waals surface area (Å²) in [6.07, 6.45) is 3.44. The molecule has 0 unspecified atom stereocenters. The molecule has 5 aliphatic rings. The topological polar surface area (TPSA) is 133 Å². The number of hydrogen-bond acceptors (Lipinski definition) is 9. The molecule has 0 aromatic rings. The van der Waals surface area contributed by atoms with Crippen molar-refractivity contribution in [3.63, 3.8) is 0 Å². The van der Waals surface area contributed by atoms with E-state index in [-0.39, 0.29) is 23.4 Å². The minimum absolute atomic E-state index is 0.0890. The van der Waals surface area contributed by atoms with Gasteiger partial charge < -0.3 is 19.3 Å². The summed E-state index contributed by atoms with van der Waals surface area (Å²) in [6, 6.07) is 0. The maximum absolute atomic E-state index is 14.8. The van der Waals surface area contributed by atoms with E-state index in [9.17, 15) is 29.1 Å². The maximum atomic E-state index is 14.8. The van der Waals surface area contributed by atoms with Gasteiger partial charge in [-0.05, 0) is 80.3 Å². The third kappa shape index (κ3) is 4.24. The van der Waals surface area contributed by atoms with Gasteiger partial charge in [-0.2, -0.15) is 0 Å². The highest BCUT2D eigenvalue weighted by Gasteiger charge is 2.74. The molecule has 9 nitrogen and oxygen atoms in total. The molecule has 0 radical (unpaired) electrons. The molecule has 1 N–H and O–H groups in total. The Morgan fingerprint density at radius 3 is 2.24 bits per heavy atom. The van der Waals surface area contributed by atoms with E-state index < -0.39 is 69.9 Å². The molecular weight excluding hydrogens is 540 g/mol. The van der Waals surface area contributed by atoms with Crippen molar-refractivity contribution in [3.05, 3.63) is 23.3 Å². The fourth-order valence-electron chi connectivity index (χ4n) is 9.71. The zero-order valence-corrected chi connectivity index (χ0v) is 25.9. The second-order valence-electron chi connectivity index (χ2n) is 14.4. The average Bonchev–Trinajstić information content (AvgIpc) is 3.16. The number of Topliss-reactive ketones (excluding diaryl/α,β-unsaturated/α-hetero) is 1. The predicted molar refractivity (Wildman–Crippen MR) is 151 cm³/mol. The van der Waals surface area contributed by atoms with E-state index in [1.807, 2.05) is 19.9 Å². The molecule has 1 saturated heterocycles. The lowest BCUT2D eigenvalue weighted by Crippen LogP contribution is -2.69. The normalized spacial score (nSPS) is 45.0. The van der Waals surface area contributed by atoms with Crippen molar-refractivity contribution in [3.8, 4) is 0 Å². The molecule has 9 heteroatoms. The molecule has 5 rings (SSSR count). The Balaban J connectivity index is 1.66. The van der Waals surface area contributed by atoms with Crippen LogP contribution in [0, 0.1) is 39.9 Å². The zero-order chi connectivity index (χ0) is 31.2. The molecule has 0 amide bonds. The van der Waals surface area contributed by atoms with Crippen LogP contribution in [0.3, 0.4) is 0 Å². The van der Waals surface area contributed by atoms with Crippen LogP contribution in [0.5, 0.6) is 0 Å². The van der Waals surface area contributed by atoms with Gasteiger partial charge in [0.05, 0.1) is 5.60 Å². The minimum Gasteiger partial charge on any atom is -0.458 e. The molecule has 0 bridgehead atoms. The van der Waals surface area contributed by atoms with E-state index in [2.05, 4.69) is 6.92 Å². The summed E-state index contributed by atoms with van der Waals surface area (Å²) in [5.41, 5.74) is -2.43. The first kappa shape index (κ1) is 30.6. The summed E-state index contributed by atoms with van der Waals surface area (Å²) in [7, 11) is 0. The number of aliphatic hydroxyl groups is 1. The fraction of sp³-hybridized carbons (Fsp3) is 0.727. The second kappa shape index (κ2) is 9.86. The van der Waals surface area contributed by atoms with Crippen LogP contribution >= 0.6 is 0 Å². The number of fused-ring (bicyclic) bond motifs is 5. The van der Waals surface area contributed by atoms with Crippen molar-refractivity contribution in [2.24, 2.45) is 39.9 Å². The highest BCUT2D eigenvalue weighted by atomic mass is 16.6.